The molecule has 0 saturated carbocycles. The Morgan fingerprint density at radius 3 is 2.48 bits per heavy atom. The molecule has 2 aromatic heterocycles. The van der Waals surface area contributed by atoms with Crippen molar-refractivity contribution >= 4 is 48.8 Å². The van der Waals surface area contributed by atoms with E-state index >= 15 is 0 Å². The van der Waals surface area contributed by atoms with Crippen LogP contribution in [-0.4, -0.2) is 32.5 Å². The van der Waals surface area contributed by atoms with Gasteiger partial charge >= 0.3 is 6.18 Å². The number of hydrogen-bond donors (Lipinski definition) is 1. The van der Waals surface area contributed by atoms with Crippen LogP contribution >= 0.6 is 11.3 Å². The molecule has 1 N–H and O–H groups in total. The summed E-state index contributed by atoms with van der Waals surface area (Å²) in [6.07, 6.45) is -1.60. The maximum Gasteiger partial charge on any atom is 0.416 e. The van der Waals surface area contributed by atoms with Crippen molar-refractivity contribution in [1.82, 2.24) is 9.97 Å². The molecule has 4 rings (SSSR count). The van der Waals surface area contributed by atoms with Crippen LogP contribution in [0.3, 0.4) is 0 Å². The molecule has 4 aromatic rings. The highest BCUT2D eigenvalue weighted by Gasteiger charge is 2.35. The standard InChI is InChI=1S/C21H17F3N4O3S2/c1-25-19-10-14-9-16(5-3-13(14)12-27-19)33(29,30)28(20-26-7-8-32-20)17-6-4-15(21(22,23)24)11-18(17)31-2/h3-12H,1-2H3,(H,25,27). The summed E-state index contributed by atoms with van der Waals surface area (Å²) in [4.78, 5) is 8.22. The molecule has 0 saturated heterocycles. The van der Waals surface area contributed by atoms with Gasteiger partial charge in [0.1, 0.15) is 17.3 Å². The van der Waals surface area contributed by atoms with E-state index in [2.05, 4.69) is 15.3 Å². The van der Waals surface area contributed by atoms with Gasteiger partial charge in [-0.25, -0.2) is 22.7 Å². The lowest BCUT2D eigenvalue weighted by atomic mass is 10.2. The van der Waals surface area contributed by atoms with Crippen molar-refractivity contribution in [1.29, 1.82) is 0 Å². The molecule has 2 aromatic carbocycles. The number of sulfonamides is 1. The van der Waals surface area contributed by atoms with Gasteiger partial charge < -0.3 is 10.1 Å². The number of nitrogens with one attached hydrogen (secondary N) is 1. The molecule has 7 nitrogen and oxygen atoms in total. The fraction of sp³-hybridized carbons (Fsp3) is 0.143. The maximum absolute atomic E-state index is 13.8. The number of nitrogens with zero attached hydrogens (tertiary/aromatic N) is 3. The largest absolute Gasteiger partial charge is 0.495 e. The fourth-order valence-electron chi connectivity index (χ4n) is 3.19. The second-order valence-corrected chi connectivity index (χ2v) is 9.46. The van der Waals surface area contributed by atoms with Crippen LogP contribution in [0.25, 0.3) is 10.8 Å². The highest BCUT2D eigenvalue weighted by atomic mass is 32.2. The van der Waals surface area contributed by atoms with E-state index in [-0.39, 0.29) is 21.5 Å². The van der Waals surface area contributed by atoms with Crippen molar-refractivity contribution in [3.63, 3.8) is 0 Å². The van der Waals surface area contributed by atoms with Crippen LogP contribution in [0.4, 0.5) is 29.8 Å². The quantitative estimate of drug-likeness (QED) is 0.392. The van der Waals surface area contributed by atoms with E-state index in [9.17, 15) is 21.6 Å². The third-order valence-corrected chi connectivity index (χ3v) is 7.38. The summed E-state index contributed by atoms with van der Waals surface area (Å²) in [7, 11) is -1.42. The lowest BCUT2D eigenvalue weighted by molar-refractivity contribution is -0.137. The SMILES string of the molecule is CNc1cc2cc(S(=O)(=O)N(c3nccs3)c3ccc(C(F)(F)F)cc3OC)ccc2cn1. The van der Waals surface area contributed by atoms with E-state index in [1.54, 1.807) is 30.8 Å². The van der Waals surface area contributed by atoms with Gasteiger partial charge in [0.05, 0.1) is 17.6 Å². The number of methoxy groups -OCH3 is 1. The van der Waals surface area contributed by atoms with Crippen LogP contribution in [0.2, 0.25) is 0 Å². The van der Waals surface area contributed by atoms with Crippen molar-refractivity contribution in [3.05, 3.63) is 65.8 Å². The summed E-state index contributed by atoms with van der Waals surface area (Å²) in [5.41, 5.74) is -1.05. The molecular weight excluding hydrogens is 477 g/mol. The van der Waals surface area contributed by atoms with E-state index in [1.807, 2.05) is 0 Å². The number of rotatable bonds is 6. The Morgan fingerprint density at radius 2 is 1.85 bits per heavy atom. The average Bonchev–Trinajstić information content (AvgIpc) is 3.31. The Labute approximate surface area is 191 Å². The number of anilines is 3. The van der Waals surface area contributed by atoms with Crippen LogP contribution in [0, 0.1) is 0 Å². The summed E-state index contributed by atoms with van der Waals surface area (Å²) >= 11 is 1.02. The molecule has 172 valence electrons. The molecule has 2 heterocycles. The molecule has 0 atom stereocenters. The molecule has 0 aliphatic heterocycles. The van der Waals surface area contributed by atoms with Gasteiger partial charge in [-0.2, -0.15) is 13.2 Å². The number of alkyl halides is 3. The van der Waals surface area contributed by atoms with Gasteiger partial charge in [0.2, 0.25) is 5.13 Å². The number of aromatic nitrogens is 2. The first-order valence-corrected chi connectivity index (χ1v) is 11.7. The third kappa shape index (κ3) is 4.31. The van der Waals surface area contributed by atoms with Gasteiger partial charge in [-0.15, -0.1) is 11.3 Å². The van der Waals surface area contributed by atoms with Crippen molar-refractivity contribution < 1.29 is 26.3 Å². The van der Waals surface area contributed by atoms with Crippen molar-refractivity contribution in [3.8, 4) is 5.75 Å². The average molecular weight is 495 g/mol. The molecule has 0 radical (unpaired) electrons. The van der Waals surface area contributed by atoms with E-state index < -0.39 is 21.8 Å². The Hall–Kier alpha value is -3.38. The van der Waals surface area contributed by atoms with Crippen molar-refractivity contribution in [2.45, 2.75) is 11.1 Å². The van der Waals surface area contributed by atoms with Crippen LogP contribution in [0.1, 0.15) is 5.56 Å². The molecule has 0 aliphatic carbocycles. The smallest absolute Gasteiger partial charge is 0.416 e. The fourth-order valence-corrected chi connectivity index (χ4v) is 5.57. The van der Waals surface area contributed by atoms with Gasteiger partial charge in [0.25, 0.3) is 10.0 Å². The number of fused-ring (bicyclic) bond motifs is 1. The zero-order chi connectivity index (χ0) is 23.8. The number of pyridine rings is 1. The van der Waals surface area contributed by atoms with Crippen LogP contribution in [0.15, 0.2) is 65.1 Å². The second kappa shape index (κ2) is 8.52. The zero-order valence-corrected chi connectivity index (χ0v) is 18.9. The van der Waals surface area contributed by atoms with Gasteiger partial charge in [-0.1, -0.05) is 6.07 Å². The van der Waals surface area contributed by atoms with Crippen molar-refractivity contribution in [2.75, 3.05) is 23.8 Å². The molecule has 0 unspecified atom stereocenters. The minimum atomic E-state index is -4.62. The summed E-state index contributed by atoms with van der Waals surface area (Å²) in [6.45, 7) is 0. The minimum Gasteiger partial charge on any atom is -0.495 e. The molecule has 0 amide bonds. The lowest BCUT2D eigenvalue weighted by Gasteiger charge is -2.24. The molecule has 33 heavy (non-hydrogen) atoms. The number of halogens is 3. The van der Waals surface area contributed by atoms with Gasteiger partial charge in [-0.05, 0) is 41.8 Å². The molecule has 0 spiro atoms. The van der Waals surface area contributed by atoms with E-state index in [1.165, 1.54) is 25.4 Å². The lowest BCUT2D eigenvalue weighted by Crippen LogP contribution is -2.27. The Bertz CT molecular complexity index is 1410. The Kier molecular flexibility index (Phi) is 5.89. The van der Waals surface area contributed by atoms with Crippen LogP contribution in [0.5, 0.6) is 5.75 Å². The predicted molar refractivity (Wildman–Crippen MR) is 121 cm³/mol. The summed E-state index contributed by atoms with van der Waals surface area (Å²) in [5.74, 6) is 0.296. The molecule has 0 fully saturated rings. The predicted octanol–water partition coefficient (Wildman–Crippen LogP) is 5.29. The first-order chi connectivity index (χ1) is 15.6. The number of ether oxygens (including phenoxy) is 1. The second-order valence-electron chi connectivity index (χ2n) is 6.80. The molecule has 0 aliphatic rings. The monoisotopic (exact) mass is 494 g/mol. The minimum absolute atomic E-state index is 0.0544. The first kappa shape index (κ1) is 22.8. The van der Waals surface area contributed by atoms with Crippen molar-refractivity contribution in [2.24, 2.45) is 0 Å². The highest BCUT2D eigenvalue weighted by molar-refractivity contribution is 7.93. The number of benzene rings is 2. The zero-order valence-electron chi connectivity index (χ0n) is 17.3. The van der Waals surface area contributed by atoms with Crippen LogP contribution in [-0.2, 0) is 16.2 Å². The van der Waals surface area contributed by atoms with Gasteiger partial charge in [0, 0.05) is 30.2 Å². The topological polar surface area (TPSA) is 84.4 Å². The Morgan fingerprint density at radius 1 is 1.06 bits per heavy atom. The van der Waals surface area contributed by atoms with E-state index in [0.29, 0.717) is 11.2 Å². The summed E-state index contributed by atoms with van der Waals surface area (Å²) in [6, 6.07) is 8.82. The third-order valence-electron chi connectivity index (χ3n) is 4.81. The van der Waals surface area contributed by atoms with Gasteiger partial charge in [0.15, 0.2) is 0 Å². The summed E-state index contributed by atoms with van der Waals surface area (Å²) in [5, 5.41) is 5.86. The molecular formula is C21H17F3N4O3S2. The first-order valence-electron chi connectivity index (χ1n) is 9.43. The molecule has 12 heteroatoms. The highest BCUT2D eigenvalue weighted by Crippen LogP contribution is 2.42. The molecule has 0 bridgehead atoms. The number of hydrogen-bond acceptors (Lipinski definition) is 7. The maximum atomic E-state index is 13.8. The normalized spacial score (nSPS) is 12.0. The number of thiazole rings is 1. The Balaban J connectivity index is 1.91. The van der Waals surface area contributed by atoms with E-state index in [4.69, 9.17) is 4.74 Å². The summed E-state index contributed by atoms with van der Waals surface area (Å²) < 4.78 is 73.2. The van der Waals surface area contributed by atoms with Crippen LogP contribution < -0.4 is 14.4 Å². The van der Waals surface area contributed by atoms with Gasteiger partial charge in [-0.3, -0.25) is 0 Å². The van der Waals surface area contributed by atoms with E-state index in [0.717, 1.165) is 39.2 Å².